The summed E-state index contributed by atoms with van der Waals surface area (Å²) < 4.78 is 12.5. The van der Waals surface area contributed by atoms with Gasteiger partial charge in [-0.1, -0.05) is 75.5 Å². The van der Waals surface area contributed by atoms with Crippen molar-refractivity contribution in [2.75, 3.05) is 23.0 Å². The lowest BCUT2D eigenvalue weighted by atomic mass is 9.78. The molecule has 0 radical (unpaired) electrons. The molecule has 0 fully saturated rings. The van der Waals surface area contributed by atoms with Crippen molar-refractivity contribution in [1.29, 1.82) is 0 Å². The number of rotatable bonds is 12. The summed E-state index contributed by atoms with van der Waals surface area (Å²) in [6.07, 6.45) is 1.12. The molecule has 0 atom stereocenters. The van der Waals surface area contributed by atoms with Gasteiger partial charge in [-0.25, -0.2) is 0 Å². The number of nitrogens with zero attached hydrogens (tertiary/aromatic N) is 2. The Morgan fingerprint density at radius 2 is 0.842 bits per heavy atom. The maximum absolute atomic E-state index is 13.3. The lowest BCUT2D eigenvalue weighted by molar-refractivity contribution is 0.0998. The van der Waals surface area contributed by atoms with E-state index >= 15 is 0 Å². The number of carbonyl (C=O) groups excluding carboxylic acids is 2. The van der Waals surface area contributed by atoms with Crippen LogP contribution in [0.3, 0.4) is 0 Å². The predicted octanol–water partition coefficient (Wildman–Crippen LogP) is 9.93. The summed E-state index contributed by atoms with van der Waals surface area (Å²) in [6.45, 7) is 12.9. The van der Waals surface area contributed by atoms with Crippen molar-refractivity contribution in [3.05, 3.63) is 191 Å². The molecule has 2 aliphatic rings. The van der Waals surface area contributed by atoms with Crippen LogP contribution in [0.1, 0.15) is 67.9 Å². The van der Waals surface area contributed by atoms with Gasteiger partial charge in [0.1, 0.15) is 23.0 Å². The number of carbonyl (C=O) groups is 2. The van der Waals surface area contributed by atoms with Crippen LogP contribution in [0.5, 0.6) is 23.0 Å². The van der Waals surface area contributed by atoms with Crippen LogP contribution in [0, 0.1) is 0 Å². The molecule has 2 heterocycles. The maximum atomic E-state index is 13.3. The lowest BCUT2D eigenvalue weighted by Gasteiger charge is -2.26. The highest BCUT2D eigenvalue weighted by Crippen LogP contribution is 2.41. The molecule has 0 spiro atoms. The van der Waals surface area contributed by atoms with Crippen molar-refractivity contribution in [3.8, 4) is 23.0 Å². The van der Waals surface area contributed by atoms with Crippen LogP contribution in [0.4, 0.5) is 11.4 Å². The average Bonchev–Trinajstić information content (AvgIpc) is 3.62. The predicted molar refractivity (Wildman–Crippen MR) is 224 cm³/mol. The van der Waals surface area contributed by atoms with E-state index in [9.17, 15) is 19.8 Å². The molecule has 8 heteroatoms. The van der Waals surface area contributed by atoms with Gasteiger partial charge in [0.15, 0.2) is 0 Å². The molecule has 0 aliphatic carbocycles. The average molecular weight is 755 g/mol. The highest BCUT2D eigenvalue weighted by molar-refractivity contribution is 6.23. The van der Waals surface area contributed by atoms with Crippen LogP contribution < -0.4 is 19.3 Å². The molecule has 2 amide bonds. The van der Waals surface area contributed by atoms with E-state index in [-0.39, 0.29) is 30.4 Å². The van der Waals surface area contributed by atoms with Crippen molar-refractivity contribution in [2.45, 2.75) is 32.1 Å². The minimum Gasteiger partial charge on any atom is -0.457 e. The van der Waals surface area contributed by atoms with Gasteiger partial charge < -0.3 is 19.7 Å². The largest absolute Gasteiger partial charge is 0.457 e. The monoisotopic (exact) mass is 754 g/mol. The minimum absolute atomic E-state index is 0.0701. The number of aliphatic hydroxyl groups excluding tert-OH is 2. The Hall–Kier alpha value is -6.74. The van der Waals surface area contributed by atoms with E-state index in [0.717, 1.165) is 44.8 Å². The molecule has 0 unspecified atom stereocenters. The fraction of sp³-hybridized carbons (Fsp3) is 0.143. The van der Waals surface area contributed by atoms with Gasteiger partial charge in [-0.05, 0) is 120 Å². The lowest BCUT2D eigenvalue weighted by Crippen LogP contribution is -2.21. The van der Waals surface area contributed by atoms with Gasteiger partial charge in [0.05, 0.1) is 11.4 Å². The van der Waals surface area contributed by atoms with E-state index in [4.69, 9.17) is 9.47 Å². The number of fused-ring (bicyclic) bond motifs is 2. The van der Waals surface area contributed by atoms with E-state index < -0.39 is 0 Å². The Balaban J connectivity index is 0.916. The summed E-state index contributed by atoms with van der Waals surface area (Å²) in [6, 6.07) is 42.0. The van der Waals surface area contributed by atoms with Crippen molar-refractivity contribution >= 4 is 34.6 Å². The summed E-state index contributed by atoms with van der Waals surface area (Å²) in [5.74, 6) is 2.27. The molecule has 284 valence electrons. The topological polar surface area (TPSA) is 99.5 Å². The van der Waals surface area contributed by atoms with Crippen molar-refractivity contribution < 1.29 is 29.3 Å². The van der Waals surface area contributed by atoms with Crippen molar-refractivity contribution in [3.63, 3.8) is 0 Å². The van der Waals surface area contributed by atoms with E-state index in [1.54, 1.807) is 34.1 Å². The highest BCUT2D eigenvalue weighted by Gasteiger charge is 2.34. The molecule has 0 aromatic heterocycles. The number of amides is 2. The first kappa shape index (κ1) is 37.2. The zero-order valence-electron chi connectivity index (χ0n) is 31.9. The van der Waals surface area contributed by atoms with Gasteiger partial charge in [-0.3, -0.25) is 19.4 Å². The second-order valence-corrected chi connectivity index (χ2v) is 14.7. The Kier molecular flexibility index (Phi) is 9.83. The standard InChI is InChI=1S/C49H42N2O6/c1-31-45-29-41(21-23-43(45)47(54)50(31)37-13-5-33(6-14-37)25-27-52)56-39-17-9-35(10-18-39)49(3,4)36-11-19-40(20-12-36)57-42-22-24-44-46(30-42)32(2)51(48(44)55)38-15-7-34(8-16-38)26-28-53/h5-24,29-30,52-53H,1-2,25-28H2,3-4H3. The van der Waals surface area contributed by atoms with Crippen molar-refractivity contribution in [1.82, 2.24) is 0 Å². The van der Waals surface area contributed by atoms with Crippen LogP contribution in [-0.2, 0) is 18.3 Å². The third-order valence-corrected chi connectivity index (χ3v) is 10.8. The zero-order chi connectivity index (χ0) is 39.8. The number of benzene rings is 6. The summed E-state index contributed by atoms with van der Waals surface area (Å²) >= 11 is 0. The molecular weight excluding hydrogens is 713 g/mol. The van der Waals surface area contributed by atoms with Crippen LogP contribution in [-0.4, -0.2) is 35.2 Å². The molecule has 0 saturated heterocycles. The minimum atomic E-state index is -0.325. The summed E-state index contributed by atoms with van der Waals surface area (Å²) in [5, 5.41) is 18.5. The van der Waals surface area contributed by atoms with Gasteiger partial charge in [0, 0.05) is 52.3 Å². The summed E-state index contributed by atoms with van der Waals surface area (Å²) in [7, 11) is 0. The second kappa shape index (κ2) is 15.1. The molecule has 0 bridgehead atoms. The quantitative estimate of drug-likeness (QED) is 0.129. The maximum Gasteiger partial charge on any atom is 0.263 e. The number of hydrogen-bond donors (Lipinski definition) is 2. The molecule has 57 heavy (non-hydrogen) atoms. The highest BCUT2D eigenvalue weighted by atomic mass is 16.5. The molecule has 8 rings (SSSR count). The van der Waals surface area contributed by atoms with E-state index in [0.29, 0.717) is 58.4 Å². The summed E-state index contributed by atoms with van der Waals surface area (Å²) in [5.41, 5.74) is 9.08. The van der Waals surface area contributed by atoms with Crippen LogP contribution >= 0.6 is 0 Å². The van der Waals surface area contributed by atoms with Crippen LogP contribution in [0.25, 0.3) is 11.4 Å². The molecule has 2 N–H and O–H groups in total. The van der Waals surface area contributed by atoms with Gasteiger partial charge in [-0.2, -0.15) is 0 Å². The number of aliphatic hydroxyl groups is 2. The van der Waals surface area contributed by atoms with Crippen LogP contribution in [0.15, 0.2) is 147 Å². The SMILES string of the molecule is C=C1c2cc(Oc3ccc(C(C)(C)c4ccc(Oc5ccc6c(c5)C(=C)N(c5ccc(CCO)cc5)C6=O)cc4)cc3)ccc2C(=O)N1c1ccc(CCO)cc1. The Bertz CT molecular complexity index is 2340. The number of anilines is 2. The van der Waals surface area contributed by atoms with Crippen LogP contribution in [0.2, 0.25) is 0 Å². The zero-order valence-corrected chi connectivity index (χ0v) is 31.9. The molecular formula is C49H42N2O6. The van der Waals surface area contributed by atoms with Gasteiger partial charge in [0.2, 0.25) is 0 Å². The van der Waals surface area contributed by atoms with Crippen molar-refractivity contribution in [2.24, 2.45) is 0 Å². The Labute approximate surface area is 332 Å². The first-order valence-electron chi connectivity index (χ1n) is 18.9. The first-order valence-corrected chi connectivity index (χ1v) is 18.9. The smallest absolute Gasteiger partial charge is 0.263 e. The van der Waals surface area contributed by atoms with E-state index in [1.807, 2.05) is 84.9 Å². The van der Waals surface area contributed by atoms with E-state index in [1.165, 1.54) is 0 Å². The third-order valence-electron chi connectivity index (χ3n) is 10.8. The molecule has 6 aromatic rings. The van der Waals surface area contributed by atoms with E-state index in [2.05, 4.69) is 51.3 Å². The number of hydrogen-bond acceptors (Lipinski definition) is 6. The first-order chi connectivity index (χ1) is 27.5. The second-order valence-electron chi connectivity index (χ2n) is 14.7. The third kappa shape index (κ3) is 7.01. The fourth-order valence-corrected chi connectivity index (χ4v) is 7.50. The fourth-order valence-electron chi connectivity index (χ4n) is 7.50. The molecule has 6 aromatic carbocycles. The summed E-state index contributed by atoms with van der Waals surface area (Å²) in [4.78, 5) is 29.9. The Morgan fingerprint density at radius 3 is 1.19 bits per heavy atom. The number of ether oxygens (including phenoxy) is 2. The molecule has 0 saturated carbocycles. The van der Waals surface area contributed by atoms with Gasteiger partial charge >= 0.3 is 0 Å². The van der Waals surface area contributed by atoms with Gasteiger partial charge in [-0.15, -0.1) is 0 Å². The normalized spacial score (nSPS) is 13.6. The van der Waals surface area contributed by atoms with Gasteiger partial charge in [0.25, 0.3) is 11.8 Å². The molecule has 8 nitrogen and oxygen atoms in total. The Morgan fingerprint density at radius 1 is 0.491 bits per heavy atom. The molecule has 2 aliphatic heterocycles.